The van der Waals surface area contributed by atoms with E-state index < -0.39 is 30.0 Å². The lowest BCUT2D eigenvalue weighted by molar-refractivity contribution is -0.290. The van der Waals surface area contributed by atoms with Crippen LogP contribution < -0.4 is 5.73 Å². The maximum Gasteiger partial charge on any atom is 0.402 e. The summed E-state index contributed by atoms with van der Waals surface area (Å²) in [5, 5.41) is 0. The van der Waals surface area contributed by atoms with Crippen molar-refractivity contribution in [2.24, 2.45) is 18.7 Å². The molecule has 0 spiro atoms. The number of hydrogen-bond donors (Lipinski definition) is 1. The lowest BCUT2D eigenvalue weighted by atomic mass is 9.97. The van der Waals surface area contributed by atoms with Gasteiger partial charge in [-0.15, -0.1) is 0 Å². The minimum absolute atomic E-state index is 0.452. The number of nitrogens with two attached hydrogens (primary N) is 1. The van der Waals surface area contributed by atoms with E-state index in [2.05, 4.69) is 4.98 Å². The van der Waals surface area contributed by atoms with Crippen LogP contribution in [0.4, 0.5) is 26.3 Å². The predicted octanol–water partition coefficient (Wildman–Crippen LogP) is 2.16. The van der Waals surface area contributed by atoms with Gasteiger partial charge in [0.2, 0.25) is 0 Å². The van der Waals surface area contributed by atoms with Gasteiger partial charge < -0.3 is 10.3 Å². The quantitative estimate of drug-likeness (QED) is 0.829. The smallest absolute Gasteiger partial charge is 0.340 e. The first-order valence-corrected chi connectivity index (χ1v) is 4.40. The molecule has 2 N–H and O–H groups in total. The van der Waals surface area contributed by atoms with Crippen LogP contribution in [0.3, 0.4) is 0 Å². The summed E-state index contributed by atoms with van der Waals surface area (Å²) in [7, 11) is 1.42. The van der Waals surface area contributed by atoms with Crippen LogP contribution in [0.25, 0.3) is 0 Å². The van der Waals surface area contributed by atoms with Crippen LogP contribution in [0, 0.1) is 5.92 Å². The first kappa shape index (κ1) is 13.8. The second-order valence-corrected chi connectivity index (χ2v) is 3.55. The molecule has 17 heavy (non-hydrogen) atoms. The first-order chi connectivity index (χ1) is 7.53. The molecule has 0 aliphatic carbocycles. The summed E-state index contributed by atoms with van der Waals surface area (Å²) >= 11 is 0. The lowest BCUT2D eigenvalue weighted by Gasteiger charge is -2.27. The molecule has 98 valence electrons. The summed E-state index contributed by atoms with van der Waals surface area (Å²) in [6, 6.07) is -2.27. The second kappa shape index (κ2) is 4.21. The van der Waals surface area contributed by atoms with E-state index in [1.165, 1.54) is 11.6 Å². The van der Waals surface area contributed by atoms with Crippen molar-refractivity contribution in [1.82, 2.24) is 9.55 Å². The van der Waals surface area contributed by atoms with Gasteiger partial charge in [0.1, 0.15) is 0 Å². The van der Waals surface area contributed by atoms with Crippen molar-refractivity contribution >= 4 is 0 Å². The van der Waals surface area contributed by atoms with Gasteiger partial charge in [0, 0.05) is 13.2 Å². The van der Waals surface area contributed by atoms with E-state index in [9.17, 15) is 26.3 Å². The van der Waals surface area contributed by atoms with Crippen LogP contribution in [-0.2, 0) is 7.05 Å². The minimum Gasteiger partial charge on any atom is -0.340 e. The molecule has 0 radical (unpaired) electrons. The van der Waals surface area contributed by atoms with Crippen molar-refractivity contribution in [2.45, 2.75) is 18.4 Å². The van der Waals surface area contributed by atoms with Crippen molar-refractivity contribution in [3.8, 4) is 0 Å². The van der Waals surface area contributed by atoms with Gasteiger partial charge in [-0.2, -0.15) is 26.3 Å². The van der Waals surface area contributed by atoms with Crippen LogP contribution in [0.2, 0.25) is 0 Å². The monoisotopic (exact) mass is 261 g/mol. The number of aromatic nitrogens is 2. The highest BCUT2D eigenvalue weighted by molar-refractivity contribution is 5.07. The summed E-state index contributed by atoms with van der Waals surface area (Å²) in [4.78, 5) is 3.40. The third-order valence-electron chi connectivity index (χ3n) is 2.13. The fourth-order valence-electron chi connectivity index (χ4n) is 1.37. The zero-order valence-corrected chi connectivity index (χ0v) is 8.55. The average Bonchev–Trinajstić information content (AvgIpc) is 2.45. The van der Waals surface area contributed by atoms with Gasteiger partial charge in [0.05, 0.1) is 18.1 Å². The average molecular weight is 261 g/mol. The second-order valence-electron chi connectivity index (χ2n) is 3.55. The van der Waals surface area contributed by atoms with E-state index in [1.54, 1.807) is 0 Å². The molecule has 1 rings (SSSR count). The van der Waals surface area contributed by atoms with Gasteiger partial charge in [-0.05, 0) is 0 Å². The topological polar surface area (TPSA) is 43.8 Å². The Bertz CT molecular complexity index is 365. The maximum atomic E-state index is 12.3. The van der Waals surface area contributed by atoms with Crippen LogP contribution in [0.1, 0.15) is 11.7 Å². The van der Waals surface area contributed by atoms with E-state index in [1.807, 2.05) is 0 Å². The Kier molecular flexibility index (Phi) is 3.42. The zero-order chi connectivity index (χ0) is 13.4. The number of hydrogen-bond acceptors (Lipinski definition) is 2. The number of aryl methyl sites for hydroxylation is 1. The molecule has 1 atom stereocenters. The largest absolute Gasteiger partial charge is 0.402 e. The van der Waals surface area contributed by atoms with Gasteiger partial charge in [0.15, 0.2) is 5.92 Å². The molecule has 1 aromatic heterocycles. The molecule has 1 unspecified atom stereocenters. The zero-order valence-electron chi connectivity index (χ0n) is 8.55. The van der Waals surface area contributed by atoms with E-state index >= 15 is 0 Å². The molecule has 9 heteroatoms. The third-order valence-corrected chi connectivity index (χ3v) is 2.13. The normalized spacial score (nSPS) is 15.4. The van der Waals surface area contributed by atoms with Crippen molar-refractivity contribution in [2.75, 3.05) is 0 Å². The third kappa shape index (κ3) is 3.11. The SMILES string of the molecule is Cn1cnc(C(N)C(C(F)(F)F)C(F)(F)F)c1. The summed E-state index contributed by atoms with van der Waals surface area (Å²) in [5.74, 6) is -3.62. The van der Waals surface area contributed by atoms with Gasteiger partial charge in [-0.25, -0.2) is 4.98 Å². The van der Waals surface area contributed by atoms with Crippen molar-refractivity contribution in [1.29, 1.82) is 0 Å². The fraction of sp³-hybridized carbons (Fsp3) is 0.625. The summed E-state index contributed by atoms with van der Waals surface area (Å²) < 4.78 is 75.2. The molecular weight excluding hydrogens is 252 g/mol. The predicted molar refractivity (Wildman–Crippen MR) is 45.7 cm³/mol. The number of halogens is 6. The molecule has 0 amide bonds. The summed E-state index contributed by atoms with van der Waals surface area (Å²) in [6.45, 7) is 0. The Morgan fingerprint density at radius 2 is 1.65 bits per heavy atom. The van der Waals surface area contributed by atoms with Crippen molar-refractivity contribution in [3.63, 3.8) is 0 Å². The van der Waals surface area contributed by atoms with Gasteiger partial charge in [-0.1, -0.05) is 0 Å². The Balaban J connectivity index is 3.08. The summed E-state index contributed by atoms with van der Waals surface area (Å²) in [6.07, 6.45) is -8.82. The molecule has 1 aromatic rings. The Morgan fingerprint density at radius 3 is 1.94 bits per heavy atom. The van der Waals surface area contributed by atoms with Crippen LogP contribution >= 0.6 is 0 Å². The first-order valence-electron chi connectivity index (χ1n) is 4.40. The highest BCUT2D eigenvalue weighted by Crippen LogP contribution is 2.44. The van der Waals surface area contributed by atoms with Crippen molar-refractivity contribution < 1.29 is 26.3 Å². The standard InChI is InChI=1S/C8H9F6N3/c1-17-2-4(16-3-17)5(15)6(7(9,10)11)8(12,13)14/h2-3,5-6H,15H2,1H3. The van der Waals surface area contributed by atoms with Crippen LogP contribution in [0.15, 0.2) is 12.5 Å². The molecule has 0 saturated heterocycles. The van der Waals surface area contributed by atoms with E-state index in [4.69, 9.17) is 5.73 Å². The maximum absolute atomic E-state index is 12.3. The fourth-order valence-corrected chi connectivity index (χ4v) is 1.37. The molecule has 0 bridgehead atoms. The number of nitrogens with zero attached hydrogens (tertiary/aromatic N) is 2. The number of rotatable bonds is 2. The van der Waals surface area contributed by atoms with Gasteiger partial charge >= 0.3 is 12.4 Å². The Hall–Kier alpha value is -1.25. The Labute approximate surface area is 92.2 Å². The van der Waals surface area contributed by atoms with E-state index in [0.717, 1.165) is 12.5 Å². The Morgan fingerprint density at radius 1 is 1.18 bits per heavy atom. The van der Waals surface area contributed by atoms with E-state index in [-0.39, 0.29) is 0 Å². The highest BCUT2D eigenvalue weighted by atomic mass is 19.4. The van der Waals surface area contributed by atoms with Crippen LogP contribution in [0.5, 0.6) is 0 Å². The highest BCUT2D eigenvalue weighted by Gasteiger charge is 2.60. The lowest BCUT2D eigenvalue weighted by Crippen LogP contribution is -2.44. The molecule has 0 aliphatic rings. The summed E-state index contributed by atoms with van der Waals surface area (Å²) in [5.41, 5.74) is 4.56. The molecule has 0 saturated carbocycles. The molecule has 0 fully saturated rings. The molecule has 1 heterocycles. The molecule has 0 aliphatic heterocycles. The van der Waals surface area contributed by atoms with Gasteiger partial charge in [0.25, 0.3) is 0 Å². The minimum atomic E-state index is -5.46. The van der Waals surface area contributed by atoms with E-state index in [0.29, 0.717) is 0 Å². The van der Waals surface area contributed by atoms with Crippen molar-refractivity contribution in [3.05, 3.63) is 18.2 Å². The molecule has 3 nitrogen and oxygen atoms in total. The number of alkyl halides is 6. The molecular formula is C8H9F6N3. The number of imidazole rings is 1. The molecule has 0 aromatic carbocycles. The van der Waals surface area contributed by atoms with Crippen LogP contribution in [-0.4, -0.2) is 21.9 Å². The van der Waals surface area contributed by atoms with Gasteiger partial charge in [-0.3, -0.25) is 0 Å².